The summed E-state index contributed by atoms with van der Waals surface area (Å²) in [5.41, 5.74) is 2.39. The third kappa shape index (κ3) is 4.91. The van der Waals surface area contributed by atoms with Gasteiger partial charge in [0.2, 0.25) is 5.91 Å². The van der Waals surface area contributed by atoms with E-state index in [0.717, 1.165) is 23.9 Å². The van der Waals surface area contributed by atoms with E-state index in [1.165, 1.54) is 31.5 Å². The van der Waals surface area contributed by atoms with Crippen molar-refractivity contribution in [3.8, 4) is 0 Å². The van der Waals surface area contributed by atoms with E-state index in [0.29, 0.717) is 16.5 Å². The van der Waals surface area contributed by atoms with Gasteiger partial charge in [0.25, 0.3) is 5.56 Å². The average Bonchev–Trinajstić information content (AvgIpc) is 2.79. The lowest BCUT2D eigenvalue weighted by molar-refractivity contribution is -0.117. The topological polar surface area (TPSA) is 78.1 Å². The van der Waals surface area contributed by atoms with Crippen molar-refractivity contribution in [2.24, 2.45) is 11.8 Å². The van der Waals surface area contributed by atoms with Gasteiger partial charge >= 0.3 is 0 Å². The second-order valence-electron chi connectivity index (χ2n) is 9.22. The van der Waals surface area contributed by atoms with Gasteiger partial charge in [-0.05, 0) is 75.4 Å². The minimum Gasteiger partial charge on any atom is -0.326 e. The summed E-state index contributed by atoms with van der Waals surface area (Å²) in [4.78, 5) is 27.3. The lowest BCUT2D eigenvalue weighted by Gasteiger charge is -2.34. The quantitative estimate of drug-likeness (QED) is 0.612. The molecule has 32 heavy (non-hydrogen) atoms. The Bertz CT molecular complexity index is 1140. The number of nitrogens with zero attached hydrogens (tertiary/aromatic N) is 2. The van der Waals surface area contributed by atoms with Crippen LogP contribution in [0.3, 0.4) is 0 Å². The first-order valence-electron chi connectivity index (χ1n) is 11.5. The number of carbonyl (C=O) groups excluding carboxylic acids is 1. The van der Waals surface area contributed by atoms with Gasteiger partial charge in [0, 0.05) is 17.6 Å². The van der Waals surface area contributed by atoms with Crippen LogP contribution in [0.2, 0.25) is 0 Å². The fourth-order valence-corrected chi connectivity index (χ4v) is 4.78. The van der Waals surface area contributed by atoms with Crippen molar-refractivity contribution in [1.29, 1.82) is 0 Å². The molecule has 1 aromatic heterocycles. The summed E-state index contributed by atoms with van der Waals surface area (Å²) in [5, 5.41) is 10.9. The molecule has 2 aromatic carbocycles. The second-order valence-corrected chi connectivity index (χ2v) is 9.22. The van der Waals surface area contributed by atoms with Crippen molar-refractivity contribution in [3.63, 3.8) is 0 Å². The number of amides is 1. The number of fused-ring (bicyclic) bond motifs is 1. The van der Waals surface area contributed by atoms with Gasteiger partial charge in [-0.15, -0.1) is 0 Å². The second kappa shape index (κ2) is 9.65. The summed E-state index contributed by atoms with van der Waals surface area (Å²) >= 11 is 0. The number of carbonyl (C=O) groups is 1. The molecule has 6 heteroatoms. The highest BCUT2D eigenvalue weighted by molar-refractivity contribution is 5.98. The van der Waals surface area contributed by atoms with E-state index in [1.807, 2.05) is 24.3 Å². The molecule has 1 aliphatic heterocycles. The van der Waals surface area contributed by atoms with E-state index < -0.39 is 5.92 Å². The maximum absolute atomic E-state index is 12.9. The van der Waals surface area contributed by atoms with E-state index in [4.69, 9.17) is 0 Å². The molecule has 1 aliphatic rings. The first kappa shape index (κ1) is 22.2. The molecule has 4 rings (SSSR count). The smallest absolute Gasteiger partial charge is 0.272 e. The zero-order valence-electron chi connectivity index (χ0n) is 19.1. The van der Waals surface area contributed by atoms with Gasteiger partial charge in [0.1, 0.15) is 0 Å². The van der Waals surface area contributed by atoms with Crippen molar-refractivity contribution in [1.82, 2.24) is 15.1 Å². The largest absolute Gasteiger partial charge is 0.326 e. The molecule has 2 heterocycles. The normalized spacial score (nSPS) is 20.2. The first-order valence-corrected chi connectivity index (χ1v) is 11.5. The van der Waals surface area contributed by atoms with Crippen LogP contribution in [-0.4, -0.2) is 41.1 Å². The number of aromatic nitrogens is 2. The summed E-state index contributed by atoms with van der Waals surface area (Å²) in [6.07, 6.45) is 3.55. The van der Waals surface area contributed by atoms with Gasteiger partial charge in [-0.2, -0.15) is 5.10 Å². The Kier molecular flexibility index (Phi) is 6.70. The van der Waals surface area contributed by atoms with Crippen LogP contribution in [0.1, 0.15) is 43.9 Å². The Morgan fingerprint density at radius 3 is 2.62 bits per heavy atom. The molecule has 3 atom stereocenters. The van der Waals surface area contributed by atoms with Gasteiger partial charge < -0.3 is 10.2 Å². The molecule has 6 nitrogen and oxygen atoms in total. The Hall–Kier alpha value is -2.99. The number of hydrogen-bond acceptors (Lipinski definition) is 4. The van der Waals surface area contributed by atoms with E-state index in [2.05, 4.69) is 46.5 Å². The molecule has 3 aromatic rings. The van der Waals surface area contributed by atoms with Crippen molar-refractivity contribution < 1.29 is 4.79 Å². The summed E-state index contributed by atoms with van der Waals surface area (Å²) in [6, 6.07) is 15.4. The van der Waals surface area contributed by atoms with E-state index >= 15 is 0 Å². The van der Waals surface area contributed by atoms with Gasteiger partial charge in [-0.25, -0.2) is 5.10 Å². The average molecular weight is 433 g/mol. The SMILES string of the molecule is C[C@H](C(=O)Nc1ccc(CC[C@@H]2CCN(C)C[C@H]2C)cc1)c1n[nH]c(=O)c2ccccc12. The van der Waals surface area contributed by atoms with Crippen molar-refractivity contribution in [3.05, 3.63) is 70.1 Å². The van der Waals surface area contributed by atoms with E-state index in [9.17, 15) is 9.59 Å². The summed E-state index contributed by atoms with van der Waals surface area (Å²) < 4.78 is 0. The molecule has 2 N–H and O–H groups in total. The lowest BCUT2D eigenvalue weighted by Crippen LogP contribution is -2.36. The standard InChI is InChI=1S/C26H32N4O2/c1-17-16-30(3)15-14-20(17)11-8-19-9-12-21(13-10-19)27-25(31)18(2)24-22-6-4-5-7-23(22)26(32)29-28-24/h4-7,9-10,12-13,17-18,20H,8,11,14-16H2,1-3H3,(H,27,31)(H,29,32)/t17-,18+,20-/m1/s1. The molecule has 1 saturated heterocycles. The number of hydrogen-bond donors (Lipinski definition) is 2. The van der Waals surface area contributed by atoms with E-state index in [-0.39, 0.29) is 11.5 Å². The van der Waals surface area contributed by atoms with Gasteiger partial charge in [0.15, 0.2) is 0 Å². The molecule has 0 aliphatic carbocycles. The van der Waals surface area contributed by atoms with Crippen molar-refractivity contribution in [2.45, 2.75) is 39.0 Å². The highest BCUT2D eigenvalue weighted by Crippen LogP contribution is 2.27. The number of piperidine rings is 1. The number of benzene rings is 2. The predicted molar refractivity (Wildman–Crippen MR) is 129 cm³/mol. The van der Waals surface area contributed by atoms with E-state index in [1.54, 1.807) is 19.1 Å². The number of rotatable bonds is 6. The Balaban J connectivity index is 1.38. The number of nitrogens with one attached hydrogen (secondary N) is 2. The number of H-pyrrole nitrogens is 1. The molecule has 0 radical (unpaired) electrons. The van der Waals surface area contributed by atoms with Crippen LogP contribution in [0, 0.1) is 11.8 Å². The van der Waals surface area contributed by atoms with Gasteiger partial charge in [-0.3, -0.25) is 9.59 Å². The minimum atomic E-state index is -0.498. The zero-order valence-corrected chi connectivity index (χ0v) is 19.1. The maximum Gasteiger partial charge on any atom is 0.272 e. The molecule has 0 unspecified atom stereocenters. The Labute approximate surface area is 189 Å². The molecule has 168 valence electrons. The number of aryl methyl sites for hydroxylation is 1. The van der Waals surface area contributed by atoms with Crippen LogP contribution in [-0.2, 0) is 11.2 Å². The Morgan fingerprint density at radius 1 is 1.19 bits per heavy atom. The van der Waals surface area contributed by atoms with Crippen LogP contribution in [0.15, 0.2) is 53.3 Å². The summed E-state index contributed by atoms with van der Waals surface area (Å²) in [5.74, 6) is 0.877. The van der Waals surface area contributed by atoms with Crippen LogP contribution < -0.4 is 10.9 Å². The minimum absolute atomic E-state index is 0.150. The number of aromatic amines is 1. The predicted octanol–water partition coefficient (Wildman–Crippen LogP) is 4.19. The molecule has 0 spiro atoms. The zero-order chi connectivity index (χ0) is 22.7. The molecular formula is C26H32N4O2. The number of anilines is 1. The van der Waals surface area contributed by atoms with Crippen LogP contribution in [0.5, 0.6) is 0 Å². The third-order valence-electron chi connectivity index (χ3n) is 6.84. The first-order chi connectivity index (χ1) is 15.4. The van der Waals surface area contributed by atoms with Gasteiger partial charge in [-0.1, -0.05) is 37.3 Å². The summed E-state index contributed by atoms with van der Waals surface area (Å²) in [6.45, 7) is 6.55. The van der Waals surface area contributed by atoms with Crippen LogP contribution >= 0.6 is 0 Å². The maximum atomic E-state index is 12.9. The molecule has 1 fully saturated rings. The highest BCUT2D eigenvalue weighted by atomic mass is 16.2. The fraction of sp³-hybridized carbons (Fsp3) is 0.423. The summed E-state index contributed by atoms with van der Waals surface area (Å²) in [7, 11) is 2.20. The fourth-order valence-electron chi connectivity index (χ4n) is 4.78. The third-order valence-corrected chi connectivity index (χ3v) is 6.84. The van der Waals surface area contributed by atoms with Crippen LogP contribution in [0.25, 0.3) is 10.8 Å². The molecular weight excluding hydrogens is 400 g/mol. The van der Waals surface area contributed by atoms with Gasteiger partial charge in [0.05, 0.1) is 17.0 Å². The van der Waals surface area contributed by atoms with Crippen molar-refractivity contribution >= 4 is 22.4 Å². The van der Waals surface area contributed by atoms with Crippen LogP contribution in [0.4, 0.5) is 5.69 Å². The lowest BCUT2D eigenvalue weighted by atomic mass is 9.83. The molecule has 1 amide bonds. The number of likely N-dealkylation sites (tertiary alicyclic amines) is 1. The monoisotopic (exact) mass is 432 g/mol. The molecule has 0 saturated carbocycles. The Morgan fingerprint density at radius 2 is 1.91 bits per heavy atom. The highest BCUT2D eigenvalue weighted by Gasteiger charge is 2.24. The molecule has 0 bridgehead atoms. The van der Waals surface area contributed by atoms with Crippen molar-refractivity contribution in [2.75, 3.05) is 25.5 Å².